The average Bonchev–Trinajstić information content (AvgIpc) is 2.49. The number of rotatable bonds is 2. The van der Waals surface area contributed by atoms with Gasteiger partial charge in [-0.1, -0.05) is 0 Å². The molecule has 1 fully saturated rings. The Morgan fingerprint density at radius 3 is 2.89 bits per heavy atom. The molecule has 92 valence electrons. The van der Waals surface area contributed by atoms with Crippen molar-refractivity contribution in [1.82, 2.24) is 19.9 Å². The van der Waals surface area contributed by atoms with E-state index in [-0.39, 0.29) is 0 Å². The number of anilines is 1. The summed E-state index contributed by atoms with van der Waals surface area (Å²) in [6, 6.07) is 2.00. The summed E-state index contributed by atoms with van der Waals surface area (Å²) in [4.78, 5) is 19.1. The van der Waals surface area contributed by atoms with E-state index in [2.05, 4.69) is 24.8 Å². The summed E-state index contributed by atoms with van der Waals surface area (Å²) >= 11 is 0. The smallest absolute Gasteiger partial charge is 0.147 e. The van der Waals surface area contributed by atoms with Crippen LogP contribution in [0, 0.1) is 0 Å². The van der Waals surface area contributed by atoms with Crippen LogP contribution < -0.4 is 4.90 Å². The maximum absolute atomic E-state index is 4.36. The molecule has 1 aliphatic rings. The number of piperidine rings is 1. The molecule has 1 aliphatic heterocycles. The maximum Gasteiger partial charge on any atom is 0.147 e. The highest BCUT2D eigenvalue weighted by Crippen LogP contribution is 2.27. The first-order valence-corrected chi connectivity index (χ1v) is 6.20. The summed E-state index contributed by atoms with van der Waals surface area (Å²) in [5.74, 6) is 1.42. The second kappa shape index (κ2) is 5.08. The highest BCUT2D eigenvalue weighted by atomic mass is 15.2. The number of hydrogen-bond donors (Lipinski definition) is 0. The van der Waals surface area contributed by atoms with E-state index in [1.165, 1.54) is 6.42 Å². The molecular formula is C13H15N5. The predicted octanol–water partition coefficient (Wildman–Crippen LogP) is 1.65. The molecule has 0 aliphatic carbocycles. The normalized spacial score (nSPS) is 19.8. The Labute approximate surface area is 106 Å². The molecule has 5 nitrogen and oxygen atoms in total. The van der Waals surface area contributed by atoms with E-state index in [9.17, 15) is 0 Å². The molecule has 0 spiro atoms. The van der Waals surface area contributed by atoms with Gasteiger partial charge >= 0.3 is 0 Å². The minimum atomic E-state index is 0.462. The Hall–Kier alpha value is -2.04. The third-order valence-corrected chi connectivity index (χ3v) is 3.32. The topological polar surface area (TPSA) is 54.8 Å². The molecular weight excluding hydrogens is 226 g/mol. The molecule has 3 heterocycles. The summed E-state index contributed by atoms with van der Waals surface area (Å²) in [7, 11) is 0. The van der Waals surface area contributed by atoms with Crippen molar-refractivity contribution in [3.8, 4) is 0 Å². The number of aromatic nitrogens is 4. The monoisotopic (exact) mass is 241 g/mol. The van der Waals surface area contributed by atoms with Crippen LogP contribution in [0.5, 0.6) is 0 Å². The molecule has 2 aromatic heterocycles. The van der Waals surface area contributed by atoms with Crippen molar-refractivity contribution in [2.45, 2.75) is 18.8 Å². The van der Waals surface area contributed by atoms with Crippen LogP contribution in [0.3, 0.4) is 0 Å². The minimum Gasteiger partial charge on any atom is -0.355 e. The first-order chi connectivity index (χ1) is 8.93. The molecule has 0 amide bonds. The fraction of sp³-hybridized carbons (Fsp3) is 0.385. The number of hydrogen-bond acceptors (Lipinski definition) is 5. The highest BCUT2D eigenvalue weighted by Gasteiger charge is 2.23. The van der Waals surface area contributed by atoms with E-state index in [4.69, 9.17) is 0 Å². The summed E-state index contributed by atoms with van der Waals surface area (Å²) in [6.07, 6.45) is 11.0. The zero-order valence-corrected chi connectivity index (χ0v) is 10.1. The Kier molecular flexibility index (Phi) is 3.12. The summed E-state index contributed by atoms with van der Waals surface area (Å²) in [6.45, 7) is 2.00. The second-order valence-corrected chi connectivity index (χ2v) is 4.48. The van der Waals surface area contributed by atoms with Crippen molar-refractivity contribution in [3.63, 3.8) is 0 Å². The lowest BCUT2D eigenvalue weighted by atomic mass is 9.94. The first-order valence-electron chi connectivity index (χ1n) is 6.20. The van der Waals surface area contributed by atoms with Crippen molar-refractivity contribution in [3.05, 3.63) is 42.9 Å². The van der Waals surface area contributed by atoms with Crippen LogP contribution in [0.1, 0.15) is 24.5 Å². The quantitative estimate of drug-likeness (QED) is 0.800. The van der Waals surface area contributed by atoms with Gasteiger partial charge in [0.25, 0.3) is 0 Å². The van der Waals surface area contributed by atoms with Crippen molar-refractivity contribution < 1.29 is 0 Å². The van der Waals surface area contributed by atoms with Crippen molar-refractivity contribution in [1.29, 1.82) is 0 Å². The van der Waals surface area contributed by atoms with E-state index in [1.54, 1.807) is 18.7 Å². The lowest BCUT2D eigenvalue weighted by Gasteiger charge is -2.32. The largest absolute Gasteiger partial charge is 0.355 e. The Balaban J connectivity index is 1.77. The second-order valence-electron chi connectivity index (χ2n) is 4.48. The average molecular weight is 241 g/mol. The molecule has 0 bridgehead atoms. The lowest BCUT2D eigenvalue weighted by molar-refractivity contribution is 0.497. The van der Waals surface area contributed by atoms with Gasteiger partial charge in [-0.25, -0.2) is 15.0 Å². The molecule has 18 heavy (non-hydrogen) atoms. The molecule has 1 unspecified atom stereocenters. The predicted molar refractivity (Wildman–Crippen MR) is 68.3 cm³/mol. The van der Waals surface area contributed by atoms with E-state index in [0.29, 0.717) is 5.92 Å². The van der Waals surface area contributed by atoms with Gasteiger partial charge in [-0.05, 0) is 18.9 Å². The molecule has 3 rings (SSSR count). The third kappa shape index (κ3) is 2.30. The van der Waals surface area contributed by atoms with Crippen LogP contribution in [0.25, 0.3) is 0 Å². The standard InChI is InChI=1S/C13H15N5/c1-2-11(12-3-4-15-10-17-12)9-18(7-1)13-8-14-5-6-16-13/h3-6,8,10-11H,1-2,7,9H2. The van der Waals surface area contributed by atoms with Gasteiger partial charge in [-0.2, -0.15) is 0 Å². The minimum absolute atomic E-state index is 0.462. The molecule has 1 atom stereocenters. The maximum atomic E-state index is 4.36. The molecule has 0 radical (unpaired) electrons. The van der Waals surface area contributed by atoms with Gasteiger partial charge in [0.05, 0.1) is 6.20 Å². The molecule has 1 saturated heterocycles. The highest BCUT2D eigenvalue weighted by molar-refractivity contribution is 5.36. The van der Waals surface area contributed by atoms with E-state index in [1.807, 2.05) is 18.5 Å². The third-order valence-electron chi connectivity index (χ3n) is 3.32. The van der Waals surface area contributed by atoms with Gasteiger partial charge in [0.1, 0.15) is 12.1 Å². The Morgan fingerprint density at radius 1 is 1.11 bits per heavy atom. The fourth-order valence-corrected chi connectivity index (χ4v) is 2.42. The zero-order chi connectivity index (χ0) is 12.2. The van der Waals surface area contributed by atoms with Crippen LogP contribution in [0.4, 0.5) is 5.82 Å². The Morgan fingerprint density at radius 2 is 2.11 bits per heavy atom. The molecule has 0 saturated carbocycles. The van der Waals surface area contributed by atoms with E-state index in [0.717, 1.165) is 31.0 Å². The SMILES string of the molecule is c1cc(C2CCCN(c3cnccn3)C2)ncn1. The van der Waals surface area contributed by atoms with Gasteiger partial charge in [-0.15, -0.1) is 0 Å². The van der Waals surface area contributed by atoms with Gasteiger partial charge in [0.2, 0.25) is 0 Å². The molecule has 2 aromatic rings. The van der Waals surface area contributed by atoms with Crippen molar-refractivity contribution in [2.75, 3.05) is 18.0 Å². The van der Waals surface area contributed by atoms with Crippen LogP contribution in [0.15, 0.2) is 37.2 Å². The first kappa shape index (κ1) is 11.1. The van der Waals surface area contributed by atoms with Crippen LogP contribution >= 0.6 is 0 Å². The van der Waals surface area contributed by atoms with Crippen molar-refractivity contribution >= 4 is 5.82 Å². The summed E-state index contributed by atoms with van der Waals surface area (Å²) in [5, 5.41) is 0. The van der Waals surface area contributed by atoms with Gasteiger partial charge in [-0.3, -0.25) is 4.98 Å². The zero-order valence-electron chi connectivity index (χ0n) is 10.1. The molecule has 0 aromatic carbocycles. The van der Waals surface area contributed by atoms with Gasteiger partial charge < -0.3 is 4.90 Å². The van der Waals surface area contributed by atoms with Gasteiger partial charge in [0.15, 0.2) is 0 Å². The lowest BCUT2D eigenvalue weighted by Crippen LogP contribution is -2.35. The van der Waals surface area contributed by atoms with Gasteiger partial charge in [0, 0.05) is 43.3 Å². The van der Waals surface area contributed by atoms with E-state index < -0.39 is 0 Å². The summed E-state index contributed by atoms with van der Waals surface area (Å²) < 4.78 is 0. The summed E-state index contributed by atoms with van der Waals surface area (Å²) in [5.41, 5.74) is 1.12. The van der Waals surface area contributed by atoms with Crippen LogP contribution in [-0.2, 0) is 0 Å². The fourth-order valence-electron chi connectivity index (χ4n) is 2.42. The molecule has 5 heteroatoms. The van der Waals surface area contributed by atoms with Crippen LogP contribution in [0.2, 0.25) is 0 Å². The number of nitrogens with zero attached hydrogens (tertiary/aromatic N) is 5. The van der Waals surface area contributed by atoms with Crippen molar-refractivity contribution in [2.24, 2.45) is 0 Å². The van der Waals surface area contributed by atoms with Crippen LogP contribution in [-0.4, -0.2) is 33.0 Å². The molecule has 0 N–H and O–H groups in total. The Bertz CT molecular complexity index is 442. The van der Waals surface area contributed by atoms with E-state index >= 15 is 0 Å².